The maximum absolute atomic E-state index is 14.4. The maximum atomic E-state index is 14.4. The number of sulfonamides is 1. The average Bonchev–Trinajstić information content (AvgIpc) is 3.44. The molecule has 0 aliphatic carbocycles. The third-order valence-corrected chi connectivity index (χ3v) is 8.86. The minimum Gasteiger partial charge on any atom is -0.353 e. The van der Waals surface area contributed by atoms with Crippen LogP contribution in [0.3, 0.4) is 0 Å². The van der Waals surface area contributed by atoms with E-state index < -0.39 is 21.7 Å². The Balaban J connectivity index is 1.36. The number of carbonyl (C=O) groups is 1. The predicted octanol–water partition coefficient (Wildman–Crippen LogP) is 3.75. The Kier molecular flexibility index (Phi) is 5.51. The second-order valence-electron chi connectivity index (χ2n) is 7.91. The number of fused-ring (bicyclic) bond motifs is 2. The molecule has 0 saturated heterocycles. The molecule has 3 aromatic heterocycles. The summed E-state index contributed by atoms with van der Waals surface area (Å²) in [6, 6.07) is 9.65. The minimum absolute atomic E-state index is 0.0547. The van der Waals surface area contributed by atoms with Crippen LogP contribution in [0.5, 0.6) is 0 Å². The summed E-state index contributed by atoms with van der Waals surface area (Å²) < 4.78 is 42.4. The molecule has 1 aromatic carbocycles. The van der Waals surface area contributed by atoms with Crippen molar-refractivity contribution in [2.75, 3.05) is 6.54 Å². The summed E-state index contributed by atoms with van der Waals surface area (Å²) in [5, 5.41) is 5.27. The number of amides is 1. The zero-order valence-corrected chi connectivity index (χ0v) is 19.4. The fourth-order valence-corrected chi connectivity index (χ4v) is 6.64. The van der Waals surface area contributed by atoms with Gasteiger partial charge in [-0.2, -0.15) is 4.31 Å². The molecule has 0 bridgehead atoms. The van der Waals surface area contributed by atoms with Crippen molar-refractivity contribution in [3.05, 3.63) is 81.2 Å². The zero-order chi connectivity index (χ0) is 23.2. The van der Waals surface area contributed by atoms with Crippen molar-refractivity contribution in [3.8, 4) is 0 Å². The molecule has 170 valence electrons. The van der Waals surface area contributed by atoms with E-state index in [1.165, 1.54) is 21.3 Å². The van der Waals surface area contributed by atoms with Crippen molar-refractivity contribution in [2.45, 2.75) is 31.3 Å². The van der Waals surface area contributed by atoms with Crippen molar-refractivity contribution >= 4 is 38.2 Å². The van der Waals surface area contributed by atoms with Crippen molar-refractivity contribution in [3.63, 3.8) is 0 Å². The largest absolute Gasteiger partial charge is 0.353 e. The second-order valence-corrected chi connectivity index (χ2v) is 10.8. The molecule has 4 heterocycles. The Bertz CT molecular complexity index is 1480. The van der Waals surface area contributed by atoms with E-state index in [0.717, 1.165) is 5.56 Å². The van der Waals surface area contributed by atoms with Gasteiger partial charge >= 0.3 is 0 Å². The Morgan fingerprint density at radius 3 is 3.00 bits per heavy atom. The van der Waals surface area contributed by atoms with Crippen molar-refractivity contribution < 1.29 is 17.6 Å². The van der Waals surface area contributed by atoms with Gasteiger partial charge in [-0.25, -0.2) is 12.8 Å². The number of H-pyrrole nitrogens is 1. The molecular formula is C23H21FN4O3S2. The monoisotopic (exact) mass is 484 g/mol. The lowest BCUT2D eigenvalue weighted by atomic mass is 10.1. The number of aromatic nitrogens is 2. The molecular weight excluding hydrogens is 463 g/mol. The molecule has 10 heteroatoms. The molecule has 4 aromatic rings. The highest BCUT2D eigenvalue weighted by Gasteiger charge is 2.31. The minimum atomic E-state index is -3.77. The number of aromatic amines is 1. The smallest absolute Gasteiger partial charge is 0.268 e. The van der Waals surface area contributed by atoms with E-state index in [9.17, 15) is 17.6 Å². The zero-order valence-electron chi connectivity index (χ0n) is 17.8. The maximum Gasteiger partial charge on any atom is 0.268 e. The van der Waals surface area contributed by atoms with Gasteiger partial charge in [-0.1, -0.05) is 6.07 Å². The number of thiophene rings is 1. The third kappa shape index (κ3) is 3.94. The van der Waals surface area contributed by atoms with Gasteiger partial charge in [0, 0.05) is 47.4 Å². The lowest BCUT2D eigenvalue weighted by molar-refractivity contribution is 0.0946. The van der Waals surface area contributed by atoms with Crippen LogP contribution in [0.4, 0.5) is 4.39 Å². The van der Waals surface area contributed by atoms with Gasteiger partial charge in [0.2, 0.25) is 10.0 Å². The summed E-state index contributed by atoms with van der Waals surface area (Å²) in [6.45, 7) is 2.29. The van der Waals surface area contributed by atoms with Crippen LogP contribution in [0.15, 0.2) is 52.9 Å². The molecule has 2 N–H and O–H groups in total. The number of carbonyl (C=O) groups excluding carboxylic acids is 1. The molecule has 0 atom stereocenters. The Morgan fingerprint density at radius 1 is 1.30 bits per heavy atom. The van der Waals surface area contributed by atoms with Crippen LogP contribution in [0.2, 0.25) is 0 Å². The van der Waals surface area contributed by atoms with Crippen LogP contribution in [0.1, 0.15) is 32.2 Å². The molecule has 0 unspecified atom stereocenters. The van der Waals surface area contributed by atoms with Crippen molar-refractivity contribution in [1.29, 1.82) is 0 Å². The van der Waals surface area contributed by atoms with Crippen LogP contribution in [-0.2, 0) is 29.5 Å². The van der Waals surface area contributed by atoms with Crippen LogP contribution in [0.25, 0.3) is 10.9 Å². The third-order valence-electron chi connectivity index (χ3n) is 5.87. The summed E-state index contributed by atoms with van der Waals surface area (Å²) in [5.74, 6) is -0.960. The molecule has 0 spiro atoms. The number of nitrogens with zero attached hydrogens (tertiary/aromatic N) is 2. The first kappa shape index (κ1) is 21.7. The Labute approximate surface area is 194 Å². The SMILES string of the molecule is Cc1[nH]c(C(=O)NCc2c(F)ccc3ncccc23)cc1S(=O)(=O)N1CCc2sccc2C1. The van der Waals surface area contributed by atoms with Gasteiger partial charge in [-0.05, 0) is 54.6 Å². The standard InChI is InChI=1S/C23H21FN4O3S2/c1-14-22(33(30,31)28-9-6-21-15(13-28)7-10-32-21)11-20(27-14)23(29)26-12-17-16-3-2-8-25-19(16)5-4-18(17)24/h2-5,7-8,10-11,27H,6,9,12-13H2,1H3,(H,26,29). The summed E-state index contributed by atoms with van der Waals surface area (Å²) in [4.78, 5) is 21.1. The molecule has 0 saturated carbocycles. The number of pyridine rings is 1. The lowest BCUT2D eigenvalue weighted by Crippen LogP contribution is -2.35. The molecule has 1 amide bonds. The van der Waals surface area contributed by atoms with Gasteiger partial charge in [-0.3, -0.25) is 9.78 Å². The summed E-state index contributed by atoms with van der Waals surface area (Å²) in [7, 11) is -3.77. The highest BCUT2D eigenvalue weighted by atomic mass is 32.2. The number of hydrogen-bond donors (Lipinski definition) is 2. The molecule has 33 heavy (non-hydrogen) atoms. The van der Waals surface area contributed by atoms with E-state index in [1.54, 1.807) is 42.7 Å². The summed E-state index contributed by atoms with van der Waals surface area (Å²) >= 11 is 1.64. The fraction of sp³-hybridized carbons (Fsp3) is 0.217. The summed E-state index contributed by atoms with van der Waals surface area (Å²) in [5.41, 5.74) is 2.47. The second kappa shape index (κ2) is 8.36. The molecule has 1 aliphatic heterocycles. The average molecular weight is 485 g/mol. The van der Waals surface area contributed by atoms with Gasteiger partial charge in [0.15, 0.2) is 0 Å². The molecule has 0 radical (unpaired) electrons. The van der Waals surface area contributed by atoms with Gasteiger partial charge in [0.1, 0.15) is 16.4 Å². The molecule has 5 rings (SSSR count). The van der Waals surface area contributed by atoms with Crippen LogP contribution in [-0.4, -0.2) is 35.1 Å². The van der Waals surface area contributed by atoms with E-state index in [4.69, 9.17) is 0 Å². The van der Waals surface area contributed by atoms with Crippen LogP contribution in [0, 0.1) is 12.7 Å². The first-order chi connectivity index (χ1) is 15.8. The van der Waals surface area contributed by atoms with E-state index in [1.807, 2.05) is 11.4 Å². The van der Waals surface area contributed by atoms with E-state index in [2.05, 4.69) is 15.3 Å². The molecule has 7 nitrogen and oxygen atoms in total. The Hall–Kier alpha value is -3.08. The van der Waals surface area contributed by atoms with Crippen molar-refractivity contribution in [2.24, 2.45) is 0 Å². The summed E-state index contributed by atoms with van der Waals surface area (Å²) in [6.07, 6.45) is 2.29. The van der Waals surface area contributed by atoms with E-state index in [0.29, 0.717) is 41.7 Å². The van der Waals surface area contributed by atoms with Crippen LogP contribution >= 0.6 is 11.3 Å². The van der Waals surface area contributed by atoms with Crippen molar-refractivity contribution in [1.82, 2.24) is 19.6 Å². The topological polar surface area (TPSA) is 95.2 Å². The number of nitrogens with one attached hydrogen (secondary N) is 2. The number of aryl methyl sites for hydroxylation is 1. The highest BCUT2D eigenvalue weighted by molar-refractivity contribution is 7.89. The van der Waals surface area contributed by atoms with Gasteiger partial charge < -0.3 is 10.3 Å². The number of rotatable bonds is 5. The van der Waals surface area contributed by atoms with Crippen LogP contribution < -0.4 is 5.32 Å². The highest BCUT2D eigenvalue weighted by Crippen LogP contribution is 2.29. The number of hydrogen-bond acceptors (Lipinski definition) is 5. The number of halogens is 1. The normalized spacial score (nSPS) is 14.4. The van der Waals surface area contributed by atoms with E-state index in [-0.39, 0.29) is 17.1 Å². The first-order valence-corrected chi connectivity index (χ1v) is 12.7. The molecule has 1 aliphatic rings. The quantitative estimate of drug-likeness (QED) is 0.451. The van der Waals surface area contributed by atoms with Gasteiger partial charge in [0.05, 0.1) is 5.52 Å². The van der Waals surface area contributed by atoms with E-state index >= 15 is 0 Å². The first-order valence-electron chi connectivity index (χ1n) is 10.4. The van der Waals surface area contributed by atoms with Gasteiger partial charge in [0.25, 0.3) is 5.91 Å². The Morgan fingerprint density at radius 2 is 2.15 bits per heavy atom. The lowest BCUT2D eigenvalue weighted by Gasteiger charge is -2.26. The number of benzene rings is 1. The fourth-order valence-electron chi connectivity index (χ4n) is 4.13. The molecule has 0 fully saturated rings. The van der Waals surface area contributed by atoms with Gasteiger partial charge in [-0.15, -0.1) is 11.3 Å². The predicted molar refractivity (Wildman–Crippen MR) is 124 cm³/mol.